The molecule has 28 heavy (non-hydrogen) atoms. The molecule has 1 saturated heterocycles. The third-order valence-electron chi connectivity index (χ3n) is 5.53. The summed E-state index contributed by atoms with van der Waals surface area (Å²) in [4.78, 5) is 0.310. The Kier molecular flexibility index (Phi) is 6.75. The number of methoxy groups -OCH3 is 1. The van der Waals surface area contributed by atoms with Gasteiger partial charge in [0.05, 0.1) is 12.0 Å². The van der Waals surface area contributed by atoms with Crippen molar-refractivity contribution in [1.29, 1.82) is 0 Å². The molecule has 1 fully saturated rings. The van der Waals surface area contributed by atoms with Crippen LogP contribution in [0.5, 0.6) is 5.75 Å². The molecule has 0 bridgehead atoms. The molecule has 0 saturated carbocycles. The highest BCUT2D eigenvalue weighted by Crippen LogP contribution is 2.35. The lowest BCUT2D eigenvalue weighted by Gasteiger charge is -2.38. The normalized spacial score (nSPS) is 16.6. The number of hydrogen-bond acceptors (Lipinski definition) is 4. The third kappa shape index (κ3) is 4.74. The van der Waals surface area contributed by atoms with Gasteiger partial charge in [0.15, 0.2) is 0 Å². The highest BCUT2D eigenvalue weighted by Gasteiger charge is 2.35. The smallest absolute Gasteiger partial charge is 0.240 e. The molecule has 0 aliphatic carbocycles. The molecular formula is C22H29NO4S. The average molecular weight is 404 g/mol. The maximum Gasteiger partial charge on any atom is 0.240 e. The van der Waals surface area contributed by atoms with Crippen molar-refractivity contribution in [2.24, 2.45) is 0 Å². The highest BCUT2D eigenvalue weighted by atomic mass is 32.2. The summed E-state index contributed by atoms with van der Waals surface area (Å²) in [7, 11) is -1.93. The molecule has 3 rings (SSSR count). The Bertz CT molecular complexity index is 854. The van der Waals surface area contributed by atoms with Crippen LogP contribution in [0.15, 0.2) is 53.4 Å². The molecule has 0 amide bonds. The number of benzene rings is 2. The van der Waals surface area contributed by atoms with Crippen LogP contribution in [-0.4, -0.2) is 35.3 Å². The minimum absolute atomic E-state index is 0.278. The maximum atomic E-state index is 12.9. The molecule has 0 spiro atoms. The topological polar surface area (TPSA) is 64.6 Å². The lowest BCUT2D eigenvalue weighted by Crippen LogP contribution is -2.44. The first kappa shape index (κ1) is 20.8. The molecular weight excluding hydrogens is 374 g/mol. The second kappa shape index (κ2) is 9.07. The van der Waals surface area contributed by atoms with Crippen LogP contribution in [0.2, 0.25) is 0 Å². The van der Waals surface area contributed by atoms with Gasteiger partial charge in [-0.2, -0.15) is 0 Å². The fourth-order valence-electron chi connectivity index (χ4n) is 3.71. The summed E-state index contributed by atoms with van der Waals surface area (Å²) in [6.07, 6.45) is 3.54. The van der Waals surface area contributed by atoms with E-state index in [0.29, 0.717) is 24.7 Å². The van der Waals surface area contributed by atoms with E-state index in [1.54, 1.807) is 19.2 Å². The number of ether oxygens (including phenoxy) is 2. The fourth-order valence-corrected chi connectivity index (χ4v) is 4.84. The van der Waals surface area contributed by atoms with Gasteiger partial charge in [0.1, 0.15) is 5.75 Å². The predicted molar refractivity (Wildman–Crippen MR) is 110 cm³/mol. The molecule has 1 aliphatic rings. The van der Waals surface area contributed by atoms with Gasteiger partial charge in [-0.1, -0.05) is 37.6 Å². The second-order valence-electron chi connectivity index (χ2n) is 7.34. The first-order valence-electron chi connectivity index (χ1n) is 9.80. The van der Waals surface area contributed by atoms with Gasteiger partial charge in [0, 0.05) is 25.2 Å². The van der Waals surface area contributed by atoms with E-state index < -0.39 is 10.0 Å². The van der Waals surface area contributed by atoms with Crippen LogP contribution >= 0.6 is 0 Å². The molecule has 0 radical (unpaired) electrons. The summed E-state index contributed by atoms with van der Waals surface area (Å²) in [5.74, 6) is 0.790. The molecule has 6 heteroatoms. The van der Waals surface area contributed by atoms with E-state index in [1.165, 1.54) is 0 Å². The zero-order valence-electron chi connectivity index (χ0n) is 16.6. The molecule has 0 aromatic heterocycles. The minimum atomic E-state index is -3.57. The van der Waals surface area contributed by atoms with E-state index >= 15 is 0 Å². The Morgan fingerprint density at radius 3 is 2.25 bits per heavy atom. The number of hydrogen-bond donors (Lipinski definition) is 1. The summed E-state index contributed by atoms with van der Waals surface area (Å²) >= 11 is 0. The Labute approximate surface area is 168 Å². The van der Waals surface area contributed by atoms with Gasteiger partial charge >= 0.3 is 0 Å². The SMILES string of the molecule is CCCc1ccc(S(=O)(=O)NCC2(c3ccc(OC)cc3)CCOCC2)cc1. The van der Waals surface area contributed by atoms with Gasteiger partial charge in [-0.15, -0.1) is 0 Å². The van der Waals surface area contributed by atoms with Gasteiger partial charge in [-0.3, -0.25) is 0 Å². The minimum Gasteiger partial charge on any atom is -0.497 e. The van der Waals surface area contributed by atoms with Gasteiger partial charge < -0.3 is 9.47 Å². The van der Waals surface area contributed by atoms with Crippen molar-refractivity contribution in [3.05, 3.63) is 59.7 Å². The molecule has 5 nitrogen and oxygen atoms in total. The molecule has 2 aromatic rings. The van der Waals surface area contributed by atoms with Gasteiger partial charge in [0.2, 0.25) is 10.0 Å². The van der Waals surface area contributed by atoms with Crippen LogP contribution in [0.25, 0.3) is 0 Å². The summed E-state index contributed by atoms with van der Waals surface area (Å²) in [6, 6.07) is 15.1. The Morgan fingerprint density at radius 1 is 1.04 bits per heavy atom. The van der Waals surface area contributed by atoms with Gasteiger partial charge in [0.25, 0.3) is 0 Å². The Balaban J connectivity index is 1.79. The van der Waals surface area contributed by atoms with E-state index in [2.05, 4.69) is 11.6 Å². The molecule has 1 N–H and O–H groups in total. The third-order valence-corrected chi connectivity index (χ3v) is 6.94. The lowest BCUT2D eigenvalue weighted by molar-refractivity contribution is 0.0517. The zero-order chi connectivity index (χ0) is 20.0. The Morgan fingerprint density at radius 2 is 1.68 bits per heavy atom. The van der Waals surface area contributed by atoms with Crippen LogP contribution in [0, 0.1) is 0 Å². The summed E-state index contributed by atoms with van der Waals surface area (Å²) < 4.78 is 39.4. The Hall–Kier alpha value is -1.89. The highest BCUT2D eigenvalue weighted by molar-refractivity contribution is 7.89. The molecule has 0 unspecified atom stereocenters. The lowest BCUT2D eigenvalue weighted by atomic mass is 9.74. The van der Waals surface area contributed by atoms with Crippen LogP contribution in [0.3, 0.4) is 0 Å². The first-order valence-corrected chi connectivity index (χ1v) is 11.3. The van der Waals surface area contributed by atoms with Crippen molar-refractivity contribution in [2.75, 3.05) is 26.9 Å². The van der Waals surface area contributed by atoms with Crippen molar-refractivity contribution >= 4 is 10.0 Å². The zero-order valence-corrected chi connectivity index (χ0v) is 17.4. The first-order chi connectivity index (χ1) is 13.5. The van der Waals surface area contributed by atoms with Gasteiger partial charge in [-0.05, 0) is 54.7 Å². The van der Waals surface area contributed by atoms with Crippen LogP contribution in [-0.2, 0) is 26.6 Å². The van der Waals surface area contributed by atoms with E-state index in [-0.39, 0.29) is 5.41 Å². The average Bonchev–Trinajstić information content (AvgIpc) is 2.74. The summed E-state index contributed by atoms with van der Waals surface area (Å²) in [6.45, 7) is 3.71. The fraction of sp³-hybridized carbons (Fsp3) is 0.455. The van der Waals surface area contributed by atoms with Crippen LogP contribution < -0.4 is 9.46 Å². The van der Waals surface area contributed by atoms with E-state index in [4.69, 9.17) is 9.47 Å². The second-order valence-corrected chi connectivity index (χ2v) is 9.11. The number of rotatable bonds is 8. The molecule has 0 atom stereocenters. The summed E-state index contributed by atoms with van der Waals surface area (Å²) in [5, 5.41) is 0. The summed E-state index contributed by atoms with van der Waals surface area (Å²) in [5.41, 5.74) is 1.98. The quantitative estimate of drug-likeness (QED) is 0.730. The molecule has 1 heterocycles. The predicted octanol–water partition coefficient (Wildman–Crippen LogP) is 3.67. The van der Waals surface area contributed by atoms with Crippen molar-refractivity contribution in [1.82, 2.24) is 4.72 Å². The molecule has 2 aromatic carbocycles. The molecule has 152 valence electrons. The number of sulfonamides is 1. The van der Waals surface area contributed by atoms with Gasteiger partial charge in [-0.25, -0.2) is 13.1 Å². The largest absolute Gasteiger partial charge is 0.497 e. The maximum absolute atomic E-state index is 12.9. The molecule has 1 aliphatic heterocycles. The number of nitrogens with one attached hydrogen (secondary N) is 1. The van der Waals surface area contributed by atoms with Crippen molar-refractivity contribution in [2.45, 2.75) is 42.9 Å². The van der Waals surface area contributed by atoms with Crippen molar-refractivity contribution in [3.8, 4) is 5.75 Å². The van der Waals surface area contributed by atoms with E-state index in [0.717, 1.165) is 42.6 Å². The van der Waals surface area contributed by atoms with E-state index in [1.807, 2.05) is 36.4 Å². The van der Waals surface area contributed by atoms with E-state index in [9.17, 15) is 8.42 Å². The van der Waals surface area contributed by atoms with Crippen molar-refractivity contribution < 1.29 is 17.9 Å². The monoisotopic (exact) mass is 403 g/mol. The number of aryl methyl sites for hydroxylation is 1. The van der Waals surface area contributed by atoms with Crippen molar-refractivity contribution in [3.63, 3.8) is 0 Å². The van der Waals surface area contributed by atoms with Crippen LogP contribution in [0.4, 0.5) is 0 Å². The van der Waals surface area contributed by atoms with Crippen LogP contribution in [0.1, 0.15) is 37.3 Å². The standard InChI is InChI=1S/C22H29NO4S/c1-3-4-18-5-11-21(12-6-18)28(24,25)23-17-22(13-15-27-16-14-22)19-7-9-20(26-2)10-8-19/h5-12,23H,3-4,13-17H2,1-2H3.